The highest BCUT2D eigenvalue weighted by Gasteiger charge is 2.20. The van der Waals surface area contributed by atoms with Crippen LogP contribution in [0.3, 0.4) is 0 Å². The van der Waals surface area contributed by atoms with E-state index in [4.69, 9.17) is 11.6 Å². The predicted molar refractivity (Wildman–Crippen MR) is 78.1 cm³/mol. The molecule has 0 saturated heterocycles. The summed E-state index contributed by atoms with van der Waals surface area (Å²) in [6.45, 7) is 4.13. The van der Waals surface area contributed by atoms with Crippen molar-refractivity contribution in [1.82, 2.24) is 9.55 Å². The number of rotatable bonds is 6. The third-order valence-corrected chi connectivity index (χ3v) is 3.84. The van der Waals surface area contributed by atoms with Crippen LogP contribution in [0.4, 0.5) is 8.78 Å². The van der Waals surface area contributed by atoms with Crippen molar-refractivity contribution in [3.8, 4) is 0 Å². The van der Waals surface area contributed by atoms with Gasteiger partial charge in [0.2, 0.25) is 0 Å². The van der Waals surface area contributed by atoms with Crippen LogP contribution in [0.5, 0.6) is 0 Å². The van der Waals surface area contributed by atoms with Gasteiger partial charge in [0, 0.05) is 6.04 Å². The molecule has 1 aromatic heterocycles. The van der Waals surface area contributed by atoms with E-state index in [-0.39, 0.29) is 17.4 Å². The van der Waals surface area contributed by atoms with Gasteiger partial charge in [-0.25, -0.2) is 13.8 Å². The Balaban J connectivity index is 2.46. The van der Waals surface area contributed by atoms with Crippen molar-refractivity contribution >= 4 is 22.6 Å². The molecule has 1 aromatic carbocycles. The maximum atomic E-state index is 14.1. The maximum absolute atomic E-state index is 14.1. The van der Waals surface area contributed by atoms with Crippen LogP contribution < -0.4 is 0 Å². The van der Waals surface area contributed by atoms with Crippen LogP contribution in [0.2, 0.25) is 0 Å². The molecule has 2 rings (SSSR count). The number of unbranched alkanes of at least 4 members (excludes halogenated alkanes) is 2. The highest BCUT2D eigenvalue weighted by atomic mass is 35.5. The van der Waals surface area contributed by atoms with Gasteiger partial charge in [0.15, 0.2) is 11.6 Å². The topological polar surface area (TPSA) is 17.8 Å². The minimum absolute atomic E-state index is 0.0524. The zero-order valence-electron chi connectivity index (χ0n) is 11.8. The smallest absolute Gasteiger partial charge is 0.184 e. The molecule has 2 nitrogen and oxygen atoms in total. The minimum Gasteiger partial charge on any atom is -0.322 e. The fraction of sp³-hybridized carbons (Fsp3) is 0.533. The van der Waals surface area contributed by atoms with Crippen molar-refractivity contribution in [3.05, 3.63) is 29.6 Å². The Kier molecular flexibility index (Phi) is 4.97. The van der Waals surface area contributed by atoms with E-state index in [1.54, 1.807) is 4.57 Å². The van der Waals surface area contributed by atoms with Crippen LogP contribution in [0.25, 0.3) is 11.0 Å². The zero-order valence-corrected chi connectivity index (χ0v) is 12.6. The van der Waals surface area contributed by atoms with Crippen LogP contribution in [0.1, 0.15) is 51.4 Å². The number of halogens is 3. The highest BCUT2D eigenvalue weighted by molar-refractivity contribution is 6.16. The molecule has 20 heavy (non-hydrogen) atoms. The van der Waals surface area contributed by atoms with Gasteiger partial charge >= 0.3 is 0 Å². The van der Waals surface area contributed by atoms with E-state index in [0.717, 1.165) is 31.7 Å². The second-order valence-electron chi connectivity index (χ2n) is 5.11. The van der Waals surface area contributed by atoms with Gasteiger partial charge in [-0.1, -0.05) is 26.2 Å². The number of hydrogen-bond acceptors (Lipinski definition) is 1. The van der Waals surface area contributed by atoms with E-state index >= 15 is 0 Å². The van der Waals surface area contributed by atoms with Crippen LogP contribution in [0, 0.1) is 11.6 Å². The summed E-state index contributed by atoms with van der Waals surface area (Å²) in [6.07, 6.45) is 4.21. The molecule has 110 valence electrons. The fourth-order valence-electron chi connectivity index (χ4n) is 2.56. The average molecular weight is 301 g/mol. The zero-order chi connectivity index (χ0) is 14.7. The van der Waals surface area contributed by atoms with Crippen molar-refractivity contribution in [2.75, 3.05) is 0 Å². The van der Waals surface area contributed by atoms with Crippen LogP contribution in [-0.2, 0) is 5.88 Å². The Morgan fingerprint density at radius 2 is 2.05 bits per heavy atom. The summed E-state index contributed by atoms with van der Waals surface area (Å²) in [5.74, 6) is -0.905. The lowest BCUT2D eigenvalue weighted by Gasteiger charge is -2.17. The van der Waals surface area contributed by atoms with Crippen LogP contribution in [0.15, 0.2) is 12.1 Å². The second-order valence-corrected chi connectivity index (χ2v) is 5.37. The first-order chi connectivity index (χ1) is 9.60. The molecule has 1 atom stereocenters. The minimum atomic E-state index is -0.847. The molecule has 0 spiro atoms. The van der Waals surface area contributed by atoms with Gasteiger partial charge < -0.3 is 4.57 Å². The molecule has 1 heterocycles. The number of fused-ring (bicyclic) bond motifs is 1. The number of imidazole rings is 1. The molecule has 0 aliphatic rings. The predicted octanol–water partition coefficient (Wildman–Crippen LogP) is 5.19. The lowest BCUT2D eigenvalue weighted by atomic mass is 10.1. The molecule has 0 N–H and O–H groups in total. The summed E-state index contributed by atoms with van der Waals surface area (Å²) < 4.78 is 29.3. The second kappa shape index (κ2) is 6.53. The fourth-order valence-corrected chi connectivity index (χ4v) is 2.75. The van der Waals surface area contributed by atoms with Crippen molar-refractivity contribution < 1.29 is 8.78 Å². The lowest BCUT2D eigenvalue weighted by molar-refractivity contribution is 0.464. The van der Waals surface area contributed by atoms with Gasteiger partial charge in [0.05, 0.1) is 11.4 Å². The summed E-state index contributed by atoms with van der Waals surface area (Å²) >= 11 is 5.90. The SMILES string of the molecule is CCCCCC(C)n1c(CCl)nc2ccc(F)c(F)c21. The quantitative estimate of drug-likeness (QED) is 0.530. The van der Waals surface area contributed by atoms with Crippen molar-refractivity contribution in [1.29, 1.82) is 0 Å². The highest BCUT2D eigenvalue weighted by Crippen LogP contribution is 2.28. The molecule has 0 bridgehead atoms. The Bertz CT molecular complexity index is 595. The van der Waals surface area contributed by atoms with Crippen LogP contribution in [-0.4, -0.2) is 9.55 Å². The molecule has 0 aliphatic carbocycles. The van der Waals surface area contributed by atoms with Gasteiger partial charge in [-0.3, -0.25) is 0 Å². The van der Waals surface area contributed by atoms with E-state index in [0.29, 0.717) is 11.3 Å². The molecule has 0 amide bonds. The molecule has 5 heteroatoms. The van der Waals surface area contributed by atoms with Crippen molar-refractivity contribution in [2.24, 2.45) is 0 Å². The Morgan fingerprint density at radius 1 is 1.30 bits per heavy atom. The standard InChI is InChI=1S/C15H19ClF2N2/c1-3-4-5-6-10(2)20-13(9-16)19-12-8-7-11(17)14(18)15(12)20/h7-8,10H,3-6,9H2,1-2H3. The number of aromatic nitrogens is 2. The monoisotopic (exact) mass is 300 g/mol. The molecule has 0 aliphatic heterocycles. The van der Waals surface area contributed by atoms with Gasteiger partial charge in [-0.2, -0.15) is 0 Å². The first-order valence-electron chi connectivity index (χ1n) is 7.00. The van der Waals surface area contributed by atoms with Gasteiger partial charge in [0.1, 0.15) is 11.3 Å². The van der Waals surface area contributed by atoms with Gasteiger partial charge in [-0.05, 0) is 25.5 Å². The first-order valence-corrected chi connectivity index (χ1v) is 7.54. The summed E-state index contributed by atoms with van der Waals surface area (Å²) in [7, 11) is 0. The van der Waals surface area contributed by atoms with E-state index in [9.17, 15) is 8.78 Å². The lowest BCUT2D eigenvalue weighted by Crippen LogP contribution is -2.09. The van der Waals surface area contributed by atoms with Crippen molar-refractivity contribution in [2.45, 2.75) is 51.5 Å². The van der Waals surface area contributed by atoms with E-state index in [1.807, 2.05) is 6.92 Å². The normalized spacial score (nSPS) is 13.1. The number of alkyl halides is 1. The summed E-state index contributed by atoms with van der Waals surface area (Å²) in [4.78, 5) is 4.31. The third kappa shape index (κ3) is 2.80. The van der Waals surface area contributed by atoms with E-state index in [1.165, 1.54) is 6.07 Å². The molecular formula is C15H19ClF2N2. The molecule has 0 fully saturated rings. The largest absolute Gasteiger partial charge is 0.322 e. The summed E-state index contributed by atoms with van der Waals surface area (Å²) in [6, 6.07) is 2.66. The molecule has 0 saturated carbocycles. The molecule has 0 radical (unpaired) electrons. The third-order valence-electron chi connectivity index (χ3n) is 3.60. The van der Waals surface area contributed by atoms with Gasteiger partial charge in [-0.15, -0.1) is 11.6 Å². The Morgan fingerprint density at radius 3 is 2.70 bits per heavy atom. The van der Waals surface area contributed by atoms with Crippen LogP contribution >= 0.6 is 11.6 Å². The average Bonchev–Trinajstić information content (AvgIpc) is 2.82. The Labute approximate surface area is 122 Å². The number of benzene rings is 1. The van der Waals surface area contributed by atoms with E-state index < -0.39 is 11.6 Å². The summed E-state index contributed by atoms with van der Waals surface area (Å²) in [5, 5.41) is 0. The van der Waals surface area contributed by atoms with Gasteiger partial charge in [0.25, 0.3) is 0 Å². The first kappa shape index (κ1) is 15.2. The summed E-state index contributed by atoms with van der Waals surface area (Å²) in [5.41, 5.74) is 0.687. The molecule has 2 aromatic rings. The molecule has 1 unspecified atom stereocenters. The number of hydrogen-bond donors (Lipinski definition) is 0. The maximum Gasteiger partial charge on any atom is 0.184 e. The van der Waals surface area contributed by atoms with Crippen molar-refractivity contribution in [3.63, 3.8) is 0 Å². The van der Waals surface area contributed by atoms with E-state index in [2.05, 4.69) is 11.9 Å². The Hall–Kier alpha value is -1.16. The number of nitrogens with zero attached hydrogens (tertiary/aromatic N) is 2. The molecular weight excluding hydrogens is 282 g/mol.